The Morgan fingerprint density at radius 1 is 1.13 bits per heavy atom. The molecule has 6 nitrogen and oxygen atoms in total. The molecule has 0 bridgehead atoms. The maximum atomic E-state index is 12.0. The van der Waals surface area contributed by atoms with Crippen LogP contribution in [0.2, 0.25) is 5.15 Å². The van der Waals surface area contributed by atoms with E-state index >= 15 is 0 Å². The number of fused-ring (bicyclic) bond motifs is 1. The van der Waals surface area contributed by atoms with E-state index in [1.165, 1.54) is 18.3 Å². The van der Waals surface area contributed by atoms with E-state index in [1.807, 2.05) is 24.3 Å². The lowest BCUT2D eigenvalue weighted by atomic mass is 10.1. The monoisotopic (exact) mass is 328 g/mol. The van der Waals surface area contributed by atoms with Crippen LogP contribution in [0.25, 0.3) is 10.9 Å². The van der Waals surface area contributed by atoms with Gasteiger partial charge < -0.3 is 4.98 Å². The predicted octanol–water partition coefficient (Wildman–Crippen LogP) is 2.22. The van der Waals surface area contributed by atoms with Crippen molar-refractivity contribution < 1.29 is 9.59 Å². The molecule has 0 aliphatic rings. The number of carbonyl (C=O) groups excluding carboxylic acids is 2. The average molecular weight is 329 g/mol. The Morgan fingerprint density at radius 3 is 2.74 bits per heavy atom. The lowest BCUT2D eigenvalue weighted by Crippen LogP contribution is -2.42. The molecule has 3 rings (SSSR count). The van der Waals surface area contributed by atoms with Gasteiger partial charge in [0, 0.05) is 23.3 Å². The van der Waals surface area contributed by atoms with E-state index in [0.29, 0.717) is 10.7 Å². The minimum Gasteiger partial charge on any atom is -0.361 e. The second-order valence-corrected chi connectivity index (χ2v) is 5.30. The number of rotatable bonds is 3. The summed E-state index contributed by atoms with van der Waals surface area (Å²) in [6.07, 6.45) is 3.28. The summed E-state index contributed by atoms with van der Waals surface area (Å²) in [5, 5.41) is 1.28. The average Bonchev–Trinajstić information content (AvgIpc) is 2.96. The number of hydrazine groups is 1. The van der Waals surface area contributed by atoms with E-state index < -0.39 is 5.91 Å². The van der Waals surface area contributed by atoms with Crippen LogP contribution in [-0.2, 0) is 11.2 Å². The van der Waals surface area contributed by atoms with Gasteiger partial charge in [0.15, 0.2) is 0 Å². The standard InChI is InChI=1S/C16H13ClN4O2/c17-14-6-5-10(8-19-14)16(23)21-20-15(22)7-11-9-18-13-4-2-1-3-12(11)13/h1-6,8-9,18H,7H2,(H,20,22)(H,21,23). The third-order valence-corrected chi connectivity index (χ3v) is 3.55. The number of nitrogens with one attached hydrogen (secondary N) is 3. The molecule has 0 atom stereocenters. The summed E-state index contributed by atoms with van der Waals surface area (Å²) in [7, 11) is 0. The first-order valence-electron chi connectivity index (χ1n) is 6.89. The highest BCUT2D eigenvalue weighted by atomic mass is 35.5. The number of aromatic nitrogens is 2. The molecule has 0 saturated carbocycles. The number of amides is 2. The molecule has 3 aromatic rings. The molecule has 7 heteroatoms. The molecule has 3 N–H and O–H groups in total. The summed E-state index contributed by atoms with van der Waals surface area (Å²) in [5.41, 5.74) is 6.87. The number of hydrogen-bond acceptors (Lipinski definition) is 3. The third-order valence-electron chi connectivity index (χ3n) is 3.33. The number of H-pyrrole nitrogens is 1. The van der Waals surface area contributed by atoms with Crippen LogP contribution in [0.4, 0.5) is 0 Å². The van der Waals surface area contributed by atoms with E-state index in [2.05, 4.69) is 20.8 Å². The lowest BCUT2D eigenvalue weighted by molar-refractivity contribution is -0.121. The van der Waals surface area contributed by atoms with Gasteiger partial charge in [0.05, 0.1) is 12.0 Å². The molecule has 116 valence electrons. The fourth-order valence-corrected chi connectivity index (χ4v) is 2.32. The molecule has 0 unspecified atom stereocenters. The van der Waals surface area contributed by atoms with Gasteiger partial charge in [0.1, 0.15) is 5.15 Å². The minimum absolute atomic E-state index is 0.156. The van der Waals surface area contributed by atoms with Gasteiger partial charge in [-0.15, -0.1) is 0 Å². The summed E-state index contributed by atoms with van der Waals surface area (Å²) in [6, 6.07) is 10.7. The number of pyridine rings is 1. The summed E-state index contributed by atoms with van der Waals surface area (Å²) in [6.45, 7) is 0. The van der Waals surface area contributed by atoms with Crippen molar-refractivity contribution in [1.82, 2.24) is 20.8 Å². The van der Waals surface area contributed by atoms with Crippen LogP contribution in [0, 0.1) is 0 Å². The second kappa shape index (κ2) is 6.50. The molecule has 2 heterocycles. The maximum absolute atomic E-state index is 12.0. The van der Waals surface area contributed by atoms with Gasteiger partial charge in [-0.3, -0.25) is 20.4 Å². The van der Waals surface area contributed by atoms with Crippen molar-refractivity contribution >= 4 is 34.3 Å². The summed E-state index contributed by atoms with van der Waals surface area (Å²) in [4.78, 5) is 30.7. The van der Waals surface area contributed by atoms with Crippen LogP contribution in [-0.4, -0.2) is 21.8 Å². The zero-order valence-corrected chi connectivity index (χ0v) is 12.7. The first kappa shape index (κ1) is 15.1. The maximum Gasteiger partial charge on any atom is 0.271 e. The Morgan fingerprint density at radius 2 is 1.96 bits per heavy atom. The van der Waals surface area contributed by atoms with Crippen molar-refractivity contribution in [3.05, 3.63) is 65.1 Å². The van der Waals surface area contributed by atoms with Gasteiger partial charge in [-0.05, 0) is 23.8 Å². The third kappa shape index (κ3) is 3.49. The molecule has 2 amide bonds. The van der Waals surface area contributed by atoms with Crippen molar-refractivity contribution in [3.63, 3.8) is 0 Å². The Labute approximate surface area is 136 Å². The molecular formula is C16H13ClN4O2. The quantitative estimate of drug-likeness (QED) is 0.509. The molecule has 0 saturated heterocycles. The molecule has 0 aliphatic heterocycles. The van der Waals surface area contributed by atoms with Crippen LogP contribution in [0.3, 0.4) is 0 Å². The summed E-state index contributed by atoms with van der Waals surface area (Å²) >= 11 is 5.66. The van der Waals surface area contributed by atoms with Gasteiger partial charge in [0.2, 0.25) is 5.91 Å². The van der Waals surface area contributed by atoms with Crippen molar-refractivity contribution in [2.75, 3.05) is 0 Å². The number of para-hydroxylation sites is 1. The number of hydrogen-bond donors (Lipinski definition) is 3. The van der Waals surface area contributed by atoms with Crippen molar-refractivity contribution in [2.45, 2.75) is 6.42 Å². The lowest BCUT2D eigenvalue weighted by Gasteiger charge is -2.07. The fourth-order valence-electron chi connectivity index (χ4n) is 2.20. The molecule has 0 fully saturated rings. The van der Waals surface area contributed by atoms with Gasteiger partial charge in [0.25, 0.3) is 5.91 Å². The van der Waals surface area contributed by atoms with Crippen LogP contribution in [0.1, 0.15) is 15.9 Å². The van der Waals surface area contributed by atoms with Crippen LogP contribution < -0.4 is 10.9 Å². The van der Waals surface area contributed by atoms with Gasteiger partial charge in [-0.1, -0.05) is 29.8 Å². The predicted molar refractivity (Wildman–Crippen MR) is 86.9 cm³/mol. The van der Waals surface area contributed by atoms with E-state index in [1.54, 1.807) is 6.20 Å². The van der Waals surface area contributed by atoms with Gasteiger partial charge in [-0.2, -0.15) is 0 Å². The fraction of sp³-hybridized carbons (Fsp3) is 0.0625. The van der Waals surface area contributed by atoms with Crippen LogP contribution in [0.5, 0.6) is 0 Å². The Kier molecular flexibility index (Phi) is 4.25. The highest BCUT2D eigenvalue weighted by Crippen LogP contribution is 2.17. The summed E-state index contributed by atoms with van der Waals surface area (Å²) < 4.78 is 0. The number of nitrogens with zero attached hydrogens (tertiary/aromatic N) is 1. The Hall–Kier alpha value is -2.86. The number of halogens is 1. The van der Waals surface area contributed by atoms with Gasteiger partial charge in [-0.25, -0.2) is 4.98 Å². The van der Waals surface area contributed by atoms with Crippen molar-refractivity contribution in [3.8, 4) is 0 Å². The van der Waals surface area contributed by atoms with E-state index in [0.717, 1.165) is 16.5 Å². The summed E-state index contributed by atoms with van der Waals surface area (Å²) in [5.74, 6) is -0.772. The van der Waals surface area contributed by atoms with Crippen molar-refractivity contribution in [1.29, 1.82) is 0 Å². The highest BCUT2D eigenvalue weighted by molar-refractivity contribution is 6.29. The molecule has 0 radical (unpaired) electrons. The van der Waals surface area contributed by atoms with E-state index in [4.69, 9.17) is 11.6 Å². The minimum atomic E-state index is -0.457. The van der Waals surface area contributed by atoms with Gasteiger partial charge >= 0.3 is 0 Å². The molecule has 0 spiro atoms. The Bertz CT molecular complexity index is 858. The first-order valence-corrected chi connectivity index (χ1v) is 7.27. The second-order valence-electron chi connectivity index (χ2n) is 4.91. The van der Waals surface area contributed by atoms with Crippen molar-refractivity contribution in [2.24, 2.45) is 0 Å². The molecule has 0 aliphatic carbocycles. The molecule has 2 aromatic heterocycles. The molecule has 23 heavy (non-hydrogen) atoms. The normalized spacial score (nSPS) is 10.5. The largest absolute Gasteiger partial charge is 0.361 e. The number of benzene rings is 1. The molecular weight excluding hydrogens is 316 g/mol. The zero-order chi connectivity index (χ0) is 16.2. The SMILES string of the molecule is O=C(Cc1c[nH]c2ccccc12)NNC(=O)c1ccc(Cl)nc1. The van der Waals surface area contributed by atoms with Crippen LogP contribution in [0.15, 0.2) is 48.8 Å². The number of carbonyl (C=O) groups is 2. The number of aromatic amines is 1. The zero-order valence-electron chi connectivity index (χ0n) is 12.0. The first-order chi connectivity index (χ1) is 11.1. The molecule has 1 aromatic carbocycles. The topological polar surface area (TPSA) is 86.9 Å². The van der Waals surface area contributed by atoms with E-state index in [9.17, 15) is 9.59 Å². The van der Waals surface area contributed by atoms with E-state index in [-0.39, 0.29) is 12.3 Å². The highest BCUT2D eigenvalue weighted by Gasteiger charge is 2.10. The smallest absolute Gasteiger partial charge is 0.271 e. The van der Waals surface area contributed by atoms with Crippen LogP contribution >= 0.6 is 11.6 Å². The Balaban J connectivity index is 1.59.